The molecule has 3 aliphatic rings. The number of fused-ring (bicyclic) bond motifs is 1. The summed E-state index contributed by atoms with van der Waals surface area (Å²) in [7, 11) is 0. The Hall–Kier alpha value is -1.72. The monoisotopic (exact) mass is 333 g/mol. The fraction of sp³-hybridized carbons (Fsp3) is 0.722. The zero-order chi connectivity index (χ0) is 16.6. The third kappa shape index (κ3) is 2.87. The van der Waals surface area contributed by atoms with E-state index >= 15 is 0 Å². The van der Waals surface area contributed by atoms with Gasteiger partial charge in [0.2, 0.25) is 5.91 Å². The lowest BCUT2D eigenvalue weighted by Gasteiger charge is -2.28. The summed E-state index contributed by atoms with van der Waals surface area (Å²) in [5, 5.41) is 0. The maximum Gasteiger partial charge on any atom is 0.316 e. The molecule has 5 nitrogen and oxygen atoms in total. The van der Waals surface area contributed by atoms with Crippen LogP contribution < -0.4 is 4.74 Å². The summed E-state index contributed by atoms with van der Waals surface area (Å²) >= 11 is 0. The summed E-state index contributed by atoms with van der Waals surface area (Å²) in [6, 6.07) is 0.219. The van der Waals surface area contributed by atoms with Gasteiger partial charge in [-0.05, 0) is 31.6 Å². The van der Waals surface area contributed by atoms with Gasteiger partial charge in [-0.1, -0.05) is 19.3 Å². The first kappa shape index (κ1) is 15.8. The molecule has 2 saturated carbocycles. The van der Waals surface area contributed by atoms with Crippen LogP contribution in [0.2, 0.25) is 0 Å². The lowest BCUT2D eigenvalue weighted by atomic mass is 9.82. The maximum atomic E-state index is 12.9. The molecular weight excluding hydrogens is 309 g/mol. The van der Waals surface area contributed by atoms with Crippen LogP contribution in [0.4, 0.5) is 4.39 Å². The summed E-state index contributed by atoms with van der Waals surface area (Å²) in [6.45, 7) is 2.16. The van der Waals surface area contributed by atoms with Crippen molar-refractivity contribution in [3.05, 3.63) is 18.2 Å². The maximum absolute atomic E-state index is 12.9. The minimum absolute atomic E-state index is 0.0199. The Kier molecular flexibility index (Phi) is 4.14. The molecule has 130 valence electrons. The van der Waals surface area contributed by atoms with Gasteiger partial charge in [0.1, 0.15) is 0 Å². The van der Waals surface area contributed by atoms with Gasteiger partial charge in [0.05, 0.1) is 19.0 Å². The first-order chi connectivity index (χ1) is 11.7. The lowest BCUT2D eigenvalue weighted by molar-refractivity contribution is -0.134. The number of aromatic nitrogens is 2. The van der Waals surface area contributed by atoms with Crippen molar-refractivity contribution in [1.82, 2.24) is 14.9 Å². The molecule has 1 aliphatic heterocycles. The van der Waals surface area contributed by atoms with Crippen molar-refractivity contribution in [2.75, 3.05) is 19.7 Å². The molecule has 1 amide bonds. The summed E-state index contributed by atoms with van der Waals surface area (Å²) < 4.78 is 18.7. The number of carbonyl (C=O) groups excluding carboxylic acids is 1. The summed E-state index contributed by atoms with van der Waals surface area (Å²) in [6.07, 6.45) is 10.1. The number of carbonyl (C=O) groups is 1. The lowest BCUT2D eigenvalue weighted by Crippen LogP contribution is -2.37. The second kappa shape index (κ2) is 6.30. The van der Waals surface area contributed by atoms with Gasteiger partial charge in [-0.3, -0.25) is 4.79 Å². The standard InChI is InChI=1S/C18H24FN3O2/c19-15-8-20-17(21-9-15)24-12-18-7-3-6-14(18)10-22(11-18)16(23)13-4-1-2-5-13/h8-9,13-14H,1-7,10-12H2. The fourth-order valence-electron chi connectivity index (χ4n) is 4.83. The van der Waals surface area contributed by atoms with Crippen LogP contribution in [-0.4, -0.2) is 40.5 Å². The zero-order valence-electron chi connectivity index (χ0n) is 13.9. The van der Waals surface area contributed by atoms with Gasteiger partial charge in [0.15, 0.2) is 5.82 Å². The van der Waals surface area contributed by atoms with Crippen molar-refractivity contribution in [3.8, 4) is 6.01 Å². The minimum atomic E-state index is -0.464. The van der Waals surface area contributed by atoms with Crippen molar-refractivity contribution < 1.29 is 13.9 Å². The predicted octanol–water partition coefficient (Wildman–Crippen LogP) is 2.81. The third-order valence-electron chi connectivity index (χ3n) is 6.14. The Bertz CT molecular complexity index is 603. The Morgan fingerprint density at radius 3 is 2.75 bits per heavy atom. The molecule has 0 N–H and O–H groups in total. The molecule has 24 heavy (non-hydrogen) atoms. The van der Waals surface area contributed by atoms with Crippen LogP contribution in [0.5, 0.6) is 6.01 Å². The van der Waals surface area contributed by atoms with Gasteiger partial charge in [-0.25, -0.2) is 14.4 Å². The first-order valence-corrected chi connectivity index (χ1v) is 9.05. The Labute approximate surface area is 141 Å². The van der Waals surface area contributed by atoms with Crippen LogP contribution in [0.25, 0.3) is 0 Å². The van der Waals surface area contributed by atoms with Gasteiger partial charge < -0.3 is 9.64 Å². The zero-order valence-corrected chi connectivity index (χ0v) is 13.9. The third-order valence-corrected chi connectivity index (χ3v) is 6.14. The van der Waals surface area contributed by atoms with E-state index in [2.05, 4.69) is 14.9 Å². The Morgan fingerprint density at radius 2 is 2.00 bits per heavy atom. The van der Waals surface area contributed by atoms with E-state index in [0.717, 1.165) is 51.2 Å². The van der Waals surface area contributed by atoms with E-state index in [0.29, 0.717) is 18.4 Å². The predicted molar refractivity (Wildman–Crippen MR) is 85.8 cm³/mol. The van der Waals surface area contributed by atoms with Crippen molar-refractivity contribution in [3.63, 3.8) is 0 Å². The van der Waals surface area contributed by atoms with Gasteiger partial charge >= 0.3 is 6.01 Å². The second-order valence-corrected chi connectivity index (χ2v) is 7.62. The molecule has 1 aromatic heterocycles. The minimum Gasteiger partial charge on any atom is -0.463 e. The molecule has 4 rings (SSSR count). The molecule has 0 aromatic carbocycles. The average molecular weight is 333 g/mol. The highest BCUT2D eigenvalue weighted by Crippen LogP contribution is 2.49. The Balaban J connectivity index is 1.42. The van der Waals surface area contributed by atoms with Crippen LogP contribution in [0, 0.1) is 23.1 Å². The van der Waals surface area contributed by atoms with Crippen molar-refractivity contribution in [1.29, 1.82) is 0 Å². The highest BCUT2D eigenvalue weighted by molar-refractivity contribution is 5.79. The summed E-state index contributed by atoms with van der Waals surface area (Å²) in [4.78, 5) is 22.6. The molecule has 2 atom stereocenters. The van der Waals surface area contributed by atoms with E-state index in [-0.39, 0.29) is 17.3 Å². The number of likely N-dealkylation sites (tertiary alicyclic amines) is 1. The smallest absolute Gasteiger partial charge is 0.316 e. The molecule has 1 saturated heterocycles. The highest BCUT2D eigenvalue weighted by Gasteiger charge is 2.52. The van der Waals surface area contributed by atoms with Crippen molar-refractivity contribution >= 4 is 5.91 Å². The molecule has 0 bridgehead atoms. The van der Waals surface area contributed by atoms with Gasteiger partial charge in [-0.15, -0.1) is 0 Å². The van der Waals surface area contributed by atoms with Crippen LogP contribution in [0.3, 0.4) is 0 Å². The first-order valence-electron chi connectivity index (χ1n) is 9.05. The Morgan fingerprint density at radius 1 is 1.25 bits per heavy atom. The number of nitrogens with zero attached hydrogens (tertiary/aromatic N) is 3. The number of hydrogen-bond acceptors (Lipinski definition) is 4. The summed E-state index contributed by atoms with van der Waals surface area (Å²) in [5.74, 6) is 0.623. The quantitative estimate of drug-likeness (QED) is 0.850. The number of ether oxygens (including phenoxy) is 1. The average Bonchev–Trinajstić information content (AvgIpc) is 3.29. The van der Waals surface area contributed by atoms with Crippen molar-refractivity contribution in [2.45, 2.75) is 44.9 Å². The van der Waals surface area contributed by atoms with E-state index in [1.54, 1.807) is 0 Å². The molecule has 6 heteroatoms. The molecule has 2 unspecified atom stereocenters. The second-order valence-electron chi connectivity index (χ2n) is 7.62. The number of rotatable bonds is 4. The van der Waals surface area contributed by atoms with Gasteiger partial charge in [0.25, 0.3) is 0 Å². The normalized spacial score (nSPS) is 29.9. The van der Waals surface area contributed by atoms with E-state index < -0.39 is 5.82 Å². The molecule has 2 aliphatic carbocycles. The number of hydrogen-bond donors (Lipinski definition) is 0. The van der Waals surface area contributed by atoms with E-state index in [1.807, 2.05) is 0 Å². The van der Waals surface area contributed by atoms with E-state index in [9.17, 15) is 9.18 Å². The number of amides is 1. The highest BCUT2D eigenvalue weighted by atomic mass is 19.1. The largest absolute Gasteiger partial charge is 0.463 e. The fourth-order valence-corrected chi connectivity index (χ4v) is 4.83. The van der Waals surface area contributed by atoms with Gasteiger partial charge in [-0.2, -0.15) is 0 Å². The molecule has 0 spiro atoms. The van der Waals surface area contributed by atoms with E-state index in [1.165, 1.54) is 19.3 Å². The molecule has 3 fully saturated rings. The van der Waals surface area contributed by atoms with Gasteiger partial charge in [0, 0.05) is 24.4 Å². The van der Waals surface area contributed by atoms with Crippen LogP contribution >= 0.6 is 0 Å². The van der Waals surface area contributed by atoms with Crippen LogP contribution in [-0.2, 0) is 4.79 Å². The molecule has 1 aromatic rings. The van der Waals surface area contributed by atoms with Crippen LogP contribution in [0.1, 0.15) is 44.9 Å². The molecular formula is C18H24FN3O2. The SMILES string of the molecule is O=C(C1CCCC1)N1CC2CCCC2(COc2ncc(F)cn2)C1. The topological polar surface area (TPSA) is 55.3 Å². The van der Waals surface area contributed by atoms with Crippen LogP contribution in [0.15, 0.2) is 12.4 Å². The molecule has 2 heterocycles. The molecule has 0 radical (unpaired) electrons. The van der Waals surface area contributed by atoms with E-state index in [4.69, 9.17) is 4.74 Å². The van der Waals surface area contributed by atoms with Crippen molar-refractivity contribution in [2.24, 2.45) is 17.3 Å². The number of halogens is 1. The summed E-state index contributed by atoms with van der Waals surface area (Å²) in [5.41, 5.74) is 0.0199.